The third-order valence-corrected chi connectivity index (χ3v) is 4.15. The van der Waals surface area contributed by atoms with Crippen LogP contribution in [0.25, 0.3) is 0 Å². The number of aromatic nitrogens is 2. The van der Waals surface area contributed by atoms with Crippen LogP contribution in [0.4, 0.5) is 5.82 Å². The number of nitrogens with one attached hydrogen (secondary N) is 1. The SMILES string of the molecule is CCc1nc(Cl)cc(NCC2(CO)CCCCC2)n1. The average molecular weight is 284 g/mol. The molecule has 1 saturated carbocycles. The van der Waals surface area contributed by atoms with Crippen molar-refractivity contribution in [3.05, 3.63) is 17.0 Å². The zero-order valence-corrected chi connectivity index (χ0v) is 12.2. The van der Waals surface area contributed by atoms with Crippen molar-refractivity contribution in [3.8, 4) is 0 Å². The van der Waals surface area contributed by atoms with Crippen molar-refractivity contribution in [2.24, 2.45) is 5.41 Å². The van der Waals surface area contributed by atoms with Gasteiger partial charge < -0.3 is 10.4 Å². The van der Waals surface area contributed by atoms with Gasteiger partial charge in [0, 0.05) is 24.4 Å². The zero-order valence-electron chi connectivity index (χ0n) is 11.5. The fourth-order valence-corrected chi connectivity index (χ4v) is 2.88. The molecule has 0 amide bonds. The summed E-state index contributed by atoms with van der Waals surface area (Å²) < 4.78 is 0. The van der Waals surface area contributed by atoms with Gasteiger partial charge >= 0.3 is 0 Å². The Morgan fingerprint density at radius 2 is 2.05 bits per heavy atom. The van der Waals surface area contributed by atoms with Crippen LogP contribution in [-0.4, -0.2) is 28.2 Å². The molecule has 0 saturated heterocycles. The van der Waals surface area contributed by atoms with Gasteiger partial charge in [0.15, 0.2) is 0 Å². The topological polar surface area (TPSA) is 58.0 Å². The summed E-state index contributed by atoms with van der Waals surface area (Å²) in [6, 6.07) is 1.74. The molecule has 0 atom stereocenters. The van der Waals surface area contributed by atoms with Crippen molar-refractivity contribution in [3.63, 3.8) is 0 Å². The summed E-state index contributed by atoms with van der Waals surface area (Å²) in [7, 11) is 0. The highest BCUT2D eigenvalue weighted by Crippen LogP contribution is 2.35. The smallest absolute Gasteiger partial charge is 0.134 e. The van der Waals surface area contributed by atoms with E-state index in [1.807, 2.05) is 6.92 Å². The van der Waals surface area contributed by atoms with Crippen molar-refractivity contribution in [1.82, 2.24) is 9.97 Å². The first-order chi connectivity index (χ1) is 9.17. The lowest BCUT2D eigenvalue weighted by molar-refractivity contribution is 0.0943. The summed E-state index contributed by atoms with van der Waals surface area (Å²) >= 11 is 5.98. The molecule has 1 aromatic heterocycles. The maximum absolute atomic E-state index is 9.68. The van der Waals surface area contributed by atoms with Crippen LogP contribution in [0.1, 0.15) is 44.9 Å². The Morgan fingerprint density at radius 1 is 1.32 bits per heavy atom. The Morgan fingerprint density at radius 3 is 2.68 bits per heavy atom. The van der Waals surface area contributed by atoms with Gasteiger partial charge in [-0.05, 0) is 12.8 Å². The second-order valence-corrected chi connectivity index (χ2v) is 5.81. The summed E-state index contributed by atoms with van der Waals surface area (Å²) in [4.78, 5) is 8.56. The number of aliphatic hydroxyl groups is 1. The number of hydrogen-bond acceptors (Lipinski definition) is 4. The molecule has 1 aromatic rings. The molecule has 1 aliphatic carbocycles. The van der Waals surface area contributed by atoms with E-state index in [0.717, 1.165) is 37.4 Å². The van der Waals surface area contributed by atoms with E-state index in [9.17, 15) is 5.11 Å². The summed E-state index contributed by atoms with van der Waals surface area (Å²) in [6.07, 6.45) is 6.60. The van der Waals surface area contributed by atoms with Gasteiger partial charge in [-0.2, -0.15) is 0 Å². The molecule has 0 spiro atoms. The standard InChI is InChI=1S/C14H22ClN3O/c1-2-12-17-11(15)8-13(18-12)16-9-14(10-19)6-4-3-5-7-14/h8,19H,2-7,9-10H2,1H3,(H,16,17,18). The molecule has 0 aromatic carbocycles. The Bertz CT molecular complexity index is 419. The van der Waals surface area contributed by atoms with Crippen LogP contribution < -0.4 is 5.32 Å². The number of anilines is 1. The maximum Gasteiger partial charge on any atom is 0.134 e. The summed E-state index contributed by atoms with van der Waals surface area (Å²) in [6.45, 7) is 2.99. The van der Waals surface area contributed by atoms with Crippen molar-refractivity contribution >= 4 is 17.4 Å². The van der Waals surface area contributed by atoms with E-state index in [2.05, 4.69) is 15.3 Å². The minimum Gasteiger partial charge on any atom is -0.396 e. The Kier molecular flexibility index (Phi) is 4.99. The van der Waals surface area contributed by atoms with Crippen LogP contribution in [0.3, 0.4) is 0 Å². The Labute approximate surface area is 119 Å². The molecular weight excluding hydrogens is 262 g/mol. The molecule has 0 aliphatic heterocycles. The highest BCUT2D eigenvalue weighted by atomic mass is 35.5. The minimum atomic E-state index is 0.00204. The molecule has 0 bridgehead atoms. The molecule has 2 N–H and O–H groups in total. The first-order valence-corrected chi connectivity index (χ1v) is 7.43. The van der Waals surface area contributed by atoms with E-state index in [1.165, 1.54) is 19.3 Å². The highest BCUT2D eigenvalue weighted by Gasteiger charge is 2.31. The number of aliphatic hydroxyl groups excluding tert-OH is 1. The van der Waals surface area contributed by atoms with Gasteiger partial charge in [0.2, 0.25) is 0 Å². The first-order valence-electron chi connectivity index (χ1n) is 7.06. The lowest BCUT2D eigenvalue weighted by atomic mass is 9.74. The van der Waals surface area contributed by atoms with Gasteiger partial charge in [0.1, 0.15) is 16.8 Å². The predicted octanol–water partition coefficient (Wildman–Crippen LogP) is 3.05. The summed E-state index contributed by atoms with van der Waals surface area (Å²) in [5, 5.41) is 13.5. The molecule has 1 heterocycles. The van der Waals surface area contributed by atoms with Crippen molar-refractivity contribution in [1.29, 1.82) is 0 Å². The zero-order chi connectivity index (χ0) is 13.7. The fraction of sp³-hybridized carbons (Fsp3) is 0.714. The van der Waals surface area contributed by atoms with E-state index in [-0.39, 0.29) is 12.0 Å². The molecule has 106 valence electrons. The molecule has 0 radical (unpaired) electrons. The van der Waals surface area contributed by atoms with E-state index < -0.39 is 0 Å². The Hall–Kier alpha value is -0.870. The Balaban J connectivity index is 2.02. The van der Waals surface area contributed by atoms with Crippen LogP contribution in [0.5, 0.6) is 0 Å². The van der Waals surface area contributed by atoms with Crippen molar-refractivity contribution < 1.29 is 5.11 Å². The van der Waals surface area contributed by atoms with Gasteiger partial charge in [-0.1, -0.05) is 37.8 Å². The van der Waals surface area contributed by atoms with Crippen molar-refractivity contribution in [2.45, 2.75) is 45.4 Å². The van der Waals surface area contributed by atoms with Crippen LogP contribution >= 0.6 is 11.6 Å². The van der Waals surface area contributed by atoms with Gasteiger partial charge in [0.05, 0.1) is 6.61 Å². The third-order valence-electron chi connectivity index (χ3n) is 3.95. The van der Waals surface area contributed by atoms with Crippen LogP contribution in [0, 0.1) is 5.41 Å². The van der Waals surface area contributed by atoms with Crippen LogP contribution in [-0.2, 0) is 6.42 Å². The van der Waals surface area contributed by atoms with Gasteiger partial charge in [-0.15, -0.1) is 0 Å². The number of nitrogens with zero attached hydrogens (tertiary/aromatic N) is 2. The molecule has 1 fully saturated rings. The van der Waals surface area contributed by atoms with Gasteiger partial charge in [0.25, 0.3) is 0 Å². The van der Waals surface area contributed by atoms with Gasteiger partial charge in [-0.25, -0.2) is 9.97 Å². The van der Waals surface area contributed by atoms with Crippen molar-refractivity contribution in [2.75, 3.05) is 18.5 Å². The number of halogens is 1. The minimum absolute atomic E-state index is 0.00204. The van der Waals surface area contributed by atoms with E-state index >= 15 is 0 Å². The molecule has 0 unspecified atom stereocenters. The maximum atomic E-state index is 9.68. The quantitative estimate of drug-likeness (QED) is 0.816. The molecule has 19 heavy (non-hydrogen) atoms. The molecule has 1 aliphatic rings. The van der Waals surface area contributed by atoms with Crippen LogP contribution in [0.2, 0.25) is 5.15 Å². The molecular formula is C14H22ClN3O. The highest BCUT2D eigenvalue weighted by molar-refractivity contribution is 6.29. The van der Waals surface area contributed by atoms with E-state index in [4.69, 9.17) is 11.6 Å². The lowest BCUT2D eigenvalue weighted by Gasteiger charge is -2.35. The first kappa shape index (κ1) is 14.5. The second-order valence-electron chi connectivity index (χ2n) is 5.42. The molecule has 4 nitrogen and oxygen atoms in total. The summed E-state index contributed by atoms with van der Waals surface area (Å²) in [5.74, 6) is 1.51. The fourth-order valence-electron chi connectivity index (χ4n) is 2.68. The molecule has 2 rings (SSSR count). The monoisotopic (exact) mass is 283 g/mol. The molecule has 5 heteroatoms. The number of aryl methyl sites for hydroxylation is 1. The van der Waals surface area contributed by atoms with Crippen LogP contribution in [0.15, 0.2) is 6.07 Å². The normalized spacial score (nSPS) is 18.3. The summed E-state index contributed by atoms with van der Waals surface area (Å²) in [5.41, 5.74) is 0.00204. The van der Waals surface area contributed by atoms with E-state index in [1.54, 1.807) is 6.07 Å². The number of rotatable bonds is 5. The second kappa shape index (κ2) is 6.53. The van der Waals surface area contributed by atoms with E-state index in [0.29, 0.717) is 5.15 Å². The third kappa shape index (κ3) is 3.80. The largest absolute Gasteiger partial charge is 0.396 e. The number of hydrogen-bond donors (Lipinski definition) is 2. The predicted molar refractivity (Wildman–Crippen MR) is 77.5 cm³/mol. The average Bonchev–Trinajstić information content (AvgIpc) is 2.45. The lowest BCUT2D eigenvalue weighted by Crippen LogP contribution is -2.35. The van der Waals surface area contributed by atoms with Gasteiger partial charge in [-0.3, -0.25) is 0 Å².